The van der Waals surface area contributed by atoms with Gasteiger partial charge >= 0.3 is 5.97 Å². The van der Waals surface area contributed by atoms with E-state index in [9.17, 15) is 29.1 Å². The maximum atomic E-state index is 14.3. The van der Waals surface area contributed by atoms with Gasteiger partial charge in [-0.3, -0.25) is 24.6 Å². The molecule has 0 spiro atoms. The minimum Gasteiger partial charge on any atom is -0.480 e. The first-order valence-electron chi connectivity index (χ1n) is 18.3. The zero-order chi connectivity index (χ0) is 40.7. The van der Waals surface area contributed by atoms with Gasteiger partial charge in [0.1, 0.15) is 24.2 Å². The second kappa shape index (κ2) is 20.1. The zero-order valence-electron chi connectivity index (χ0n) is 31.0. The van der Waals surface area contributed by atoms with Crippen molar-refractivity contribution >= 4 is 46.5 Å². The molecule has 0 aliphatic heterocycles. The van der Waals surface area contributed by atoms with Gasteiger partial charge in [0, 0.05) is 61.7 Å². The number of H-pyrrole nitrogens is 3. The maximum Gasteiger partial charge on any atom is 0.326 e. The number of aromatic nitrogens is 5. The van der Waals surface area contributed by atoms with Crippen molar-refractivity contribution in [2.45, 2.75) is 68.7 Å². The molecular formula is C38H47N13O6. The third-order valence-electron chi connectivity index (χ3n) is 9.18. The predicted molar refractivity (Wildman–Crippen MR) is 209 cm³/mol. The number of carbonyl (C=O) groups excluding carboxylic acids is 4. The highest BCUT2D eigenvalue weighted by Gasteiger charge is 2.33. The highest BCUT2D eigenvalue weighted by Crippen LogP contribution is 2.20. The van der Waals surface area contributed by atoms with Crippen LogP contribution in [0.15, 0.2) is 85.8 Å². The summed E-state index contributed by atoms with van der Waals surface area (Å²) in [6, 6.07) is 10.0. The number of hydrogen-bond acceptors (Lipinski definition) is 9. The van der Waals surface area contributed by atoms with Crippen LogP contribution in [0.2, 0.25) is 0 Å². The van der Waals surface area contributed by atoms with Crippen LogP contribution in [0.1, 0.15) is 35.4 Å². The van der Waals surface area contributed by atoms with Gasteiger partial charge < -0.3 is 58.1 Å². The van der Waals surface area contributed by atoms with Gasteiger partial charge in [0.25, 0.3) is 0 Å². The normalized spacial score (nSPS) is 13.7. The van der Waals surface area contributed by atoms with Gasteiger partial charge in [-0.2, -0.15) is 0 Å². The monoisotopic (exact) mass is 781 g/mol. The van der Waals surface area contributed by atoms with Gasteiger partial charge in [0.15, 0.2) is 5.96 Å². The second-order valence-corrected chi connectivity index (χ2v) is 13.5. The van der Waals surface area contributed by atoms with Crippen molar-refractivity contribution in [1.82, 2.24) is 51.5 Å². The summed E-state index contributed by atoms with van der Waals surface area (Å²) >= 11 is 0. The zero-order valence-corrected chi connectivity index (χ0v) is 31.0. The van der Waals surface area contributed by atoms with E-state index in [2.05, 4.69) is 51.5 Å². The molecule has 3 heterocycles. The van der Waals surface area contributed by atoms with Gasteiger partial charge in [0.05, 0.1) is 30.1 Å². The number of para-hydroxylation sites is 1. The van der Waals surface area contributed by atoms with Crippen LogP contribution < -0.4 is 38.1 Å². The number of rotatable bonds is 21. The van der Waals surface area contributed by atoms with E-state index in [0.717, 1.165) is 10.9 Å². The number of benzene rings is 2. The van der Waals surface area contributed by atoms with Crippen LogP contribution in [0.25, 0.3) is 10.9 Å². The Morgan fingerprint density at radius 2 is 1.25 bits per heavy atom. The van der Waals surface area contributed by atoms with Crippen LogP contribution in [0.4, 0.5) is 0 Å². The van der Waals surface area contributed by atoms with Gasteiger partial charge in [-0.1, -0.05) is 48.5 Å². The lowest BCUT2D eigenvalue weighted by Gasteiger charge is -2.26. The van der Waals surface area contributed by atoms with Crippen LogP contribution in [0.3, 0.4) is 0 Å². The number of guanidine groups is 1. The quantitative estimate of drug-likeness (QED) is 0.0256. The van der Waals surface area contributed by atoms with Crippen molar-refractivity contribution in [3.05, 3.63) is 108 Å². The lowest BCUT2D eigenvalue weighted by molar-refractivity contribution is -0.142. The molecule has 0 saturated heterocycles. The fourth-order valence-corrected chi connectivity index (χ4v) is 6.19. The lowest BCUT2D eigenvalue weighted by atomic mass is 10.0. The Kier molecular flexibility index (Phi) is 14.5. The first-order chi connectivity index (χ1) is 27.5. The summed E-state index contributed by atoms with van der Waals surface area (Å²) in [5.41, 5.74) is 14.5. The summed E-state index contributed by atoms with van der Waals surface area (Å²) in [4.78, 5) is 85.0. The highest BCUT2D eigenvalue weighted by atomic mass is 16.4. The maximum absolute atomic E-state index is 14.3. The smallest absolute Gasteiger partial charge is 0.326 e. The van der Waals surface area contributed by atoms with E-state index < -0.39 is 59.8 Å². The molecule has 4 amide bonds. The number of aromatic amines is 3. The Hall–Kier alpha value is -7.02. The fourth-order valence-electron chi connectivity index (χ4n) is 6.19. The van der Waals surface area contributed by atoms with Gasteiger partial charge in [-0.25, -0.2) is 14.8 Å². The van der Waals surface area contributed by atoms with Crippen molar-refractivity contribution in [1.29, 1.82) is 5.41 Å². The van der Waals surface area contributed by atoms with E-state index in [1.807, 2.05) is 24.3 Å². The Labute approximate surface area is 327 Å². The number of nitrogens with one attached hydrogen (secondary N) is 9. The molecule has 0 unspecified atom stereocenters. The number of fused-ring (bicyclic) bond motifs is 1. The highest BCUT2D eigenvalue weighted by molar-refractivity contribution is 5.96. The third-order valence-corrected chi connectivity index (χ3v) is 9.18. The van der Waals surface area contributed by atoms with E-state index in [1.165, 1.54) is 12.7 Å². The number of amides is 4. The molecule has 300 valence electrons. The number of carboxylic acid groups (broad SMARTS) is 1. The average molecular weight is 782 g/mol. The van der Waals surface area contributed by atoms with Crippen LogP contribution >= 0.6 is 0 Å². The molecule has 0 aliphatic rings. The first-order valence-corrected chi connectivity index (χ1v) is 18.3. The largest absolute Gasteiger partial charge is 0.480 e. The number of aliphatic carboxylic acids is 1. The van der Waals surface area contributed by atoms with Crippen molar-refractivity contribution in [2.24, 2.45) is 11.5 Å². The van der Waals surface area contributed by atoms with Crippen molar-refractivity contribution < 1.29 is 29.1 Å². The SMILES string of the molecule is N=C(N)NCCC[C@@H](N)C(=O)N[C@@H](Cc1c[nH]cn1)C(=O)N[C@@H](Cc1c[nH]c2ccccc12)C(=O)N[C@H](Cc1c[nH]cn1)C(=O)N[C@@H](Cc1ccccc1)C(=O)O. The molecule has 19 nitrogen and oxygen atoms in total. The summed E-state index contributed by atoms with van der Waals surface area (Å²) in [5, 5.41) is 31.5. The molecule has 19 heteroatoms. The Bertz CT molecular complexity index is 2100. The predicted octanol–water partition coefficient (Wildman–Crippen LogP) is -0.501. The third kappa shape index (κ3) is 12.2. The van der Waals surface area contributed by atoms with E-state index in [0.29, 0.717) is 35.5 Å². The molecule has 0 radical (unpaired) electrons. The van der Waals surface area contributed by atoms with Crippen LogP contribution in [-0.2, 0) is 49.7 Å². The topological polar surface area (TPSA) is 315 Å². The summed E-state index contributed by atoms with van der Waals surface area (Å²) in [5.74, 6) is -4.35. The first kappa shape index (κ1) is 41.1. The van der Waals surface area contributed by atoms with Gasteiger partial charge in [-0.05, 0) is 30.0 Å². The Morgan fingerprint density at radius 3 is 1.81 bits per heavy atom. The molecule has 5 rings (SSSR count). The Morgan fingerprint density at radius 1 is 0.702 bits per heavy atom. The number of carbonyl (C=O) groups is 5. The lowest BCUT2D eigenvalue weighted by Crippen LogP contribution is -2.59. The van der Waals surface area contributed by atoms with Crippen LogP contribution in [0.5, 0.6) is 0 Å². The van der Waals surface area contributed by atoms with Crippen molar-refractivity contribution in [3.8, 4) is 0 Å². The summed E-state index contributed by atoms with van der Waals surface area (Å²) in [7, 11) is 0. The standard InChI is InChI=1S/C38H47N13O6/c39-27(10-6-12-44-38(40)41)33(52)48-30(15-24-18-42-20-46-24)35(54)49-29(14-23-17-45-28-11-5-4-9-26(23)28)34(53)50-31(16-25-19-43-21-47-25)36(55)51-32(37(56)57)13-22-7-2-1-3-8-22/h1-5,7-9,11,17-21,27,29-32,45H,6,10,12-16,39H2,(H,42,46)(H,43,47)(H,48,52)(H,49,54)(H,50,53)(H,51,55)(H,56,57)(H4,40,41,44)/t27-,29+,30+,31-,32+/m1/s1. The molecular weight excluding hydrogens is 735 g/mol. The molecule has 0 aliphatic carbocycles. The molecule has 57 heavy (non-hydrogen) atoms. The number of imidazole rings is 2. The van der Waals surface area contributed by atoms with Gasteiger partial charge in [0.2, 0.25) is 23.6 Å². The minimum absolute atomic E-state index is 0.00764. The van der Waals surface area contributed by atoms with Crippen LogP contribution in [-0.4, -0.2) is 102 Å². The summed E-state index contributed by atoms with van der Waals surface area (Å²) in [6.07, 6.45) is 8.10. The molecule has 0 bridgehead atoms. The van der Waals surface area contributed by atoms with Crippen LogP contribution in [0, 0.1) is 5.41 Å². The minimum atomic E-state index is -1.32. The number of nitrogens with zero attached hydrogens (tertiary/aromatic N) is 2. The molecule has 0 fully saturated rings. The number of nitrogens with two attached hydrogens (primary N) is 2. The number of carboxylic acids is 1. The molecule has 14 N–H and O–H groups in total. The number of hydrogen-bond donors (Lipinski definition) is 12. The van der Waals surface area contributed by atoms with E-state index in [4.69, 9.17) is 16.9 Å². The Balaban J connectivity index is 1.39. The molecule has 2 aromatic carbocycles. The van der Waals surface area contributed by atoms with Crippen molar-refractivity contribution in [3.63, 3.8) is 0 Å². The molecule has 0 saturated carbocycles. The molecule has 5 atom stereocenters. The average Bonchev–Trinajstić information content (AvgIpc) is 3.99. The summed E-state index contributed by atoms with van der Waals surface area (Å²) < 4.78 is 0. The molecule has 3 aromatic heterocycles. The summed E-state index contributed by atoms with van der Waals surface area (Å²) in [6.45, 7) is 0.321. The second-order valence-electron chi connectivity index (χ2n) is 13.5. The van der Waals surface area contributed by atoms with E-state index >= 15 is 0 Å². The van der Waals surface area contributed by atoms with Gasteiger partial charge in [-0.15, -0.1) is 0 Å². The molecule has 5 aromatic rings. The fraction of sp³-hybridized carbons (Fsp3) is 0.316. The van der Waals surface area contributed by atoms with E-state index in [-0.39, 0.29) is 38.1 Å². The van der Waals surface area contributed by atoms with E-state index in [1.54, 1.807) is 48.9 Å². The van der Waals surface area contributed by atoms with Crippen molar-refractivity contribution in [2.75, 3.05) is 6.54 Å².